The zero-order valence-corrected chi connectivity index (χ0v) is 17.6. The van der Waals surface area contributed by atoms with Gasteiger partial charge in [0.15, 0.2) is 0 Å². The normalized spacial score (nSPS) is 22.0. The minimum Gasteiger partial charge on any atom is -0.352 e. The van der Waals surface area contributed by atoms with E-state index in [2.05, 4.69) is 57.4 Å². The molecule has 2 fully saturated rings. The van der Waals surface area contributed by atoms with Gasteiger partial charge in [0.2, 0.25) is 0 Å². The molecular formula is C26H31N3O. The van der Waals surface area contributed by atoms with Gasteiger partial charge in [-0.1, -0.05) is 36.8 Å². The molecule has 1 amide bonds. The van der Waals surface area contributed by atoms with Gasteiger partial charge in [-0.05, 0) is 74.5 Å². The van der Waals surface area contributed by atoms with Crippen LogP contribution in [0.5, 0.6) is 0 Å². The lowest BCUT2D eigenvalue weighted by atomic mass is 9.83. The summed E-state index contributed by atoms with van der Waals surface area (Å²) in [5.74, 6) is 0.652. The Morgan fingerprint density at radius 3 is 2.73 bits per heavy atom. The SMILES string of the molecule is O=C(NCC1CCCN2CCCCC12)c1ccc2c(ccn2Cc2ccccc2)c1. The Morgan fingerprint density at radius 2 is 1.83 bits per heavy atom. The second kappa shape index (κ2) is 8.65. The minimum atomic E-state index is 0.0562. The summed E-state index contributed by atoms with van der Waals surface area (Å²) in [4.78, 5) is 15.5. The number of aromatic nitrogens is 1. The Bertz CT molecular complexity index is 1010. The molecule has 1 N–H and O–H groups in total. The van der Waals surface area contributed by atoms with Crippen LogP contribution in [-0.2, 0) is 6.54 Å². The van der Waals surface area contributed by atoms with Crippen molar-refractivity contribution in [1.29, 1.82) is 0 Å². The molecule has 2 aliphatic heterocycles. The van der Waals surface area contributed by atoms with Gasteiger partial charge < -0.3 is 14.8 Å². The third kappa shape index (κ3) is 4.01. The molecule has 5 rings (SSSR count). The van der Waals surface area contributed by atoms with Crippen molar-refractivity contribution in [2.24, 2.45) is 5.92 Å². The van der Waals surface area contributed by atoms with E-state index >= 15 is 0 Å². The van der Waals surface area contributed by atoms with Gasteiger partial charge in [0, 0.05) is 41.8 Å². The first-order valence-electron chi connectivity index (χ1n) is 11.4. The van der Waals surface area contributed by atoms with Crippen molar-refractivity contribution in [3.8, 4) is 0 Å². The molecule has 2 unspecified atom stereocenters. The third-order valence-corrected chi connectivity index (χ3v) is 6.98. The fraction of sp³-hybridized carbons (Fsp3) is 0.423. The van der Waals surface area contributed by atoms with Crippen LogP contribution in [0.1, 0.15) is 48.0 Å². The maximum atomic E-state index is 12.9. The van der Waals surface area contributed by atoms with Crippen LogP contribution >= 0.6 is 0 Å². The fourth-order valence-corrected chi connectivity index (χ4v) is 5.40. The Balaban J connectivity index is 1.25. The average molecular weight is 402 g/mol. The van der Waals surface area contributed by atoms with E-state index in [1.165, 1.54) is 56.3 Å². The van der Waals surface area contributed by atoms with Crippen LogP contribution in [0.25, 0.3) is 10.9 Å². The zero-order valence-electron chi connectivity index (χ0n) is 17.6. The van der Waals surface area contributed by atoms with Gasteiger partial charge in [0.1, 0.15) is 0 Å². The molecule has 2 aromatic carbocycles. The number of nitrogens with zero attached hydrogens (tertiary/aromatic N) is 2. The number of benzene rings is 2. The van der Waals surface area contributed by atoms with Crippen molar-refractivity contribution in [1.82, 2.24) is 14.8 Å². The number of fused-ring (bicyclic) bond motifs is 2. The quantitative estimate of drug-likeness (QED) is 0.674. The number of piperidine rings is 2. The summed E-state index contributed by atoms with van der Waals surface area (Å²) in [6.45, 7) is 4.13. The molecule has 0 spiro atoms. The number of nitrogens with one attached hydrogen (secondary N) is 1. The molecule has 4 heteroatoms. The molecule has 30 heavy (non-hydrogen) atoms. The molecule has 3 aromatic rings. The smallest absolute Gasteiger partial charge is 0.251 e. The molecule has 3 heterocycles. The third-order valence-electron chi connectivity index (χ3n) is 6.98. The predicted molar refractivity (Wildman–Crippen MR) is 122 cm³/mol. The summed E-state index contributed by atoms with van der Waals surface area (Å²) < 4.78 is 2.24. The first-order chi connectivity index (χ1) is 14.8. The summed E-state index contributed by atoms with van der Waals surface area (Å²) >= 11 is 0. The lowest BCUT2D eigenvalue weighted by Gasteiger charge is -2.44. The summed E-state index contributed by atoms with van der Waals surface area (Å²) in [6.07, 6.45) is 8.57. The van der Waals surface area contributed by atoms with Gasteiger partial charge >= 0.3 is 0 Å². The first kappa shape index (κ1) is 19.4. The first-order valence-corrected chi connectivity index (χ1v) is 11.4. The van der Waals surface area contributed by atoms with Gasteiger partial charge in [-0.2, -0.15) is 0 Å². The Hall–Kier alpha value is -2.59. The maximum absolute atomic E-state index is 12.9. The number of carbonyl (C=O) groups is 1. The number of amides is 1. The molecule has 2 saturated heterocycles. The lowest BCUT2D eigenvalue weighted by Crippen LogP contribution is -2.51. The van der Waals surface area contributed by atoms with Crippen LogP contribution in [0, 0.1) is 5.92 Å². The summed E-state index contributed by atoms with van der Waals surface area (Å²) in [5.41, 5.74) is 3.21. The minimum absolute atomic E-state index is 0.0562. The maximum Gasteiger partial charge on any atom is 0.251 e. The van der Waals surface area contributed by atoms with Gasteiger partial charge in [-0.3, -0.25) is 4.79 Å². The van der Waals surface area contributed by atoms with Crippen molar-refractivity contribution in [3.05, 3.63) is 71.9 Å². The molecule has 2 atom stereocenters. The topological polar surface area (TPSA) is 37.3 Å². The lowest BCUT2D eigenvalue weighted by molar-refractivity contribution is 0.0575. The van der Waals surface area contributed by atoms with E-state index in [1.54, 1.807) is 0 Å². The summed E-state index contributed by atoms with van der Waals surface area (Å²) in [5, 5.41) is 4.36. The summed E-state index contributed by atoms with van der Waals surface area (Å²) in [6, 6.07) is 19.3. The van der Waals surface area contributed by atoms with Crippen molar-refractivity contribution in [2.75, 3.05) is 19.6 Å². The number of hydrogen-bond acceptors (Lipinski definition) is 2. The van der Waals surface area contributed by atoms with Crippen LogP contribution < -0.4 is 5.32 Å². The van der Waals surface area contributed by atoms with Crippen LogP contribution in [0.2, 0.25) is 0 Å². The van der Waals surface area contributed by atoms with Gasteiger partial charge in [0.25, 0.3) is 5.91 Å². The molecule has 156 valence electrons. The van der Waals surface area contributed by atoms with E-state index in [1.807, 2.05) is 18.2 Å². The molecule has 0 aliphatic carbocycles. The summed E-state index contributed by atoms with van der Waals surface area (Å²) in [7, 11) is 0. The van der Waals surface area contributed by atoms with E-state index in [9.17, 15) is 4.79 Å². The van der Waals surface area contributed by atoms with Crippen molar-refractivity contribution >= 4 is 16.8 Å². The van der Waals surface area contributed by atoms with E-state index < -0.39 is 0 Å². The molecule has 0 saturated carbocycles. The predicted octanol–water partition coefficient (Wildman–Crippen LogP) is 4.68. The van der Waals surface area contributed by atoms with E-state index in [-0.39, 0.29) is 5.91 Å². The van der Waals surface area contributed by atoms with E-state index in [0.717, 1.165) is 24.0 Å². The van der Waals surface area contributed by atoms with E-state index in [4.69, 9.17) is 0 Å². The largest absolute Gasteiger partial charge is 0.352 e. The second-order valence-electron chi connectivity index (χ2n) is 8.91. The number of hydrogen-bond donors (Lipinski definition) is 1. The highest BCUT2D eigenvalue weighted by Crippen LogP contribution is 2.30. The Morgan fingerprint density at radius 1 is 0.967 bits per heavy atom. The Labute approximate surface area is 178 Å². The molecule has 2 aliphatic rings. The molecular weight excluding hydrogens is 370 g/mol. The fourth-order valence-electron chi connectivity index (χ4n) is 5.40. The van der Waals surface area contributed by atoms with E-state index in [0.29, 0.717) is 12.0 Å². The molecule has 4 nitrogen and oxygen atoms in total. The van der Waals surface area contributed by atoms with Crippen molar-refractivity contribution < 1.29 is 4.79 Å². The second-order valence-corrected chi connectivity index (χ2v) is 8.91. The standard InChI is InChI=1S/C26H31N3O/c30-26(27-18-23-9-6-15-28-14-5-4-10-24(23)28)22-11-12-25-21(17-22)13-16-29(25)19-20-7-2-1-3-8-20/h1-3,7-8,11-13,16-17,23-24H,4-6,9-10,14-15,18-19H2,(H,27,30). The highest BCUT2D eigenvalue weighted by atomic mass is 16.1. The molecule has 1 aromatic heterocycles. The number of rotatable bonds is 5. The molecule has 0 radical (unpaired) electrons. The highest BCUT2D eigenvalue weighted by Gasteiger charge is 2.32. The number of carbonyl (C=O) groups excluding carboxylic acids is 1. The van der Waals surface area contributed by atoms with Crippen molar-refractivity contribution in [3.63, 3.8) is 0 Å². The average Bonchev–Trinajstić information content (AvgIpc) is 3.20. The van der Waals surface area contributed by atoms with Gasteiger partial charge in [-0.15, -0.1) is 0 Å². The molecule has 0 bridgehead atoms. The van der Waals surface area contributed by atoms with Crippen molar-refractivity contribution in [2.45, 2.75) is 44.7 Å². The Kier molecular flexibility index (Phi) is 5.58. The van der Waals surface area contributed by atoms with Crippen LogP contribution in [0.4, 0.5) is 0 Å². The highest BCUT2D eigenvalue weighted by molar-refractivity contribution is 5.98. The van der Waals surface area contributed by atoms with Crippen LogP contribution in [-0.4, -0.2) is 41.1 Å². The van der Waals surface area contributed by atoms with Crippen LogP contribution in [0.15, 0.2) is 60.8 Å². The van der Waals surface area contributed by atoms with Gasteiger partial charge in [-0.25, -0.2) is 0 Å². The van der Waals surface area contributed by atoms with Crippen LogP contribution in [0.3, 0.4) is 0 Å². The zero-order chi connectivity index (χ0) is 20.3. The van der Waals surface area contributed by atoms with Gasteiger partial charge in [0.05, 0.1) is 0 Å². The monoisotopic (exact) mass is 401 g/mol.